The summed E-state index contributed by atoms with van der Waals surface area (Å²) in [6.45, 7) is 4.78. The molecule has 0 bridgehead atoms. The number of hydrogen-bond donors (Lipinski definition) is 0. The zero-order chi connectivity index (χ0) is 10.7. The SMILES string of the molecule is CC(C#N)(c1ccco1)N1CCOCC1. The molecule has 4 heteroatoms. The highest BCUT2D eigenvalue weighted by atomic mass is 16.5. The molecular formula is C11H14N2O2. The molecule has 2 heterocycles. The maximum atomic E-state index is 9.32. The lowest BCUT2D eigenvalue weighted by Gasteiger charge is -2.36. The van der Waals surface area contributed by atoms with Gasteiger partial charge in [0.1, 0.15) is 5.76 Å². The molecular weight excluding hydrogens is 192 g/mol. The molecule has 15 heavy (non-hydrogen) atoms. The Bertz CT molecular complexity index is 349. The Morgan fingerprint density at radius 2 is 2.20 bits per heavy atom. The molecule has 1 aliphatic heterocycles. The number of morpholine rings is 1. The predicted molar refractivity (Wildman–Crippen MR) is 54.1 cm³/mol. The topological polar surface area (TPSA) is 49.4 Å². The van der Waals surface area contributed by atoms with Gasteiger partial charge >= 0.3 is 0 Å². The van der Waals surface area contributed by atoms with Crippen LogP contribution in [0.5, 0.6) is 0 Å². The average molecular weight is 206 g/mol. The summed E-state index contributed by atoms with van der Waals surface area (Å²) in [6, 6.07) is 5.98. The Kier molecular flexibility index (Phi) is 2.76. The van der Waals surface area contributed by atoms with E-state index in [1.54, 1.807) is 6.26 Å². The minimum absolute atomic E-state index is 0.673. The van der Waals surface area contributed by atoms with Crippen molar-refractivity contribution in [2.75, 3.05) is 26.3 Å². The Balaban J connectivity index is 2.25. The van der Waals surface area contributed by atoms with Crippen LogP contribution in [-0.2, 0) is 10.3 Å². The van der Waals surface area contributed by atoms with Crippen LogP contribution in [-0.4, -0.2) is 31.2 Å². The molecule has 0 N–H and O–H groups in total. The Hall–Kier alpha value is -1.31. The highest BCUT2D eigenvalue weighted by Gasteiger charge is 2.37. The van der Waals surface area contributed by atoms with Gasteiger partial charge in [0.25, 0.3) is 0 Å². The number of furan rings is 1. The largest absolute Gasteiger partial charge is 0.466 e. The van der Waals surface area contributed by atoms with Crippen LogP contribution in [0.3, 0.4) is 0 Å². The van der Waals surface area contributed by atoms with E-state index in [-0.39, 0.29) is 0 Å². The van der Waals surface area contributed by atoms with Crippen molar-refractivity contribution < 1.29 is 9.15 Å². The van der Waals surface area contributed by atoms with Gasteiger partial charge in [0, 0.05) is 13.1 Å². The summed E-state index contributed by atoms with van der Waals surface area (Å²) < 4.78 is 10.6. The lowest BCUT2D eigenvalue weighted by molar-refractivity contribution is -0.00552. The fourth-order valence-corrected chi connectivity index (χ4v) is 1.85. The third-order valence-corrected chi connectivity index (χ3v) is 2.86. The van der Waals surface area contributed by atoms with Gasteiger partial charge in [-0.25, -0.2) is 0 Å². The summed E-state index contributed by atoms with van der Waals surface area (Å²) >= 11 is 0. The summed E-state index contributed by atoms with van der Waals surface area (Å²) in [6.07, 6.45) is 1.60. The summed E-state index contributed by atoms with van der Waals surface area (Å²) in [5, 5.41) is 9.32. The molecule has 0 spiro atoms. The highest BCUT2D eigenvalue weighted by molar-refractivity contribution is 5.21. The normalized spacial score (nSPS) is 21.9. The van der Waals surface area contributed by atoms with Gasteiger partial charge < -0.3 is 9.15 Å². The molecule has 1 unspecified atom stereocenters. The average Bonchev–Trinajstić information content (AvgIpc) is 2.83. The van der Waals surface area contributed by atoms with Gasteiger partial charge in [0.05, 0.1) is 25.5 Å². The number of ether oxygens (including phenoxy) is 1. The van der Waals surface area contributed by atoms with Crippen molar-refractivity contribution in [3.05, 3.63) is 24.2 Å². The smallest absolute Gasteiger partial charge is 0.164 e. The molecule has 1 aromatic rings. The van der Waals surface area contributed by atoms with E-state index < -0.39 is 5.54 Å². The van der Waals surface area contributed by atoms with E-state index in [1.165, 1.54) is 0 Å². The molecule has 2 rings (SSSR count). The van der Waals surface area contributed by atoms with Crippen LogP contribution < -0.4 is 0 Å². The van der Waals surface area contributed by atoms with Gasteiger partial charge in [-0.3, -0.25) is 4.90 Å². The summed E-state index contributed by atoms with van der Waals surface area (Å²) in [4.78, 5) is 2.09. The zero-order valence-corrected chi connectivity index (χ0v) is 8.77. The van der Waals surface area contributed by atoms with Crippen LogP contribution >= 0.6 is 0 Å². The first-order valence-electron chi connectivity index (χ1n) is 5.05. The van der Waals surface area contributed by atoms with Crippen molar-refractivity contribution in [3.8, 4) is 6.07 Å². The second-order valence-corrected chi connectivity index (χ2v) is 3.76. The molecule has 0 saturated carbocycles. The zero-order valence-electron chi connectivity index (χ0n) is 8.77. The van der Waals surface area contributed by atoms with Crippen LogP contribution in [0.4, 0.5) is 0 Å². The number of nitrogens with zero attached hydrogens (tertiary/aromatic N) is 2. The maximum Gasteiger partial charge on any atom is 0.164 e. The molecule has 0 aliphatic carbocycles. The quantitative estimate of drug-likeness (QED) is 0.733. The fourth-order valence-electron chi connectivity index (χ4n) is 1.85. The predicted octanol–water partition coefficient (Wildman–Crippen LogP) is 1.35. The van der Waals surface area contributed by atoms with E-state index in [0.717, 1.165) is 13.1 Å². The molecule has 0 radical (unpaired) electrons. The summed E-state index contributed by atoms with van der Waals surface area (Å²) in [5.41, 5.74) is -0.673. The van der Waals surface area contributed by atoms with Gasteiger partial charge in [0.2, 0.25) is 0 Å². The molecule has 1 fully saturated rings. The van der Waals surface area contributed by atoms with Crippen LogP contribution in [0.25, 0.3) is 0 Å². The van der Waals surface area contributed by atoms with Crippen molar-refractivity contribution in [1.29, 1.82) is 5.26 Å². The lowest BCUT2D eigenvalue weighted by atomic mass is 9.98. The van der Waals surface area contributed by atoms with Crippen molar-refractivity contribution in [2.24, 2.45) is 0 Å². The first-order valence-corrected chi connectivity index (χ1v) is 5.05. The van der Waals surface area contributed by atoms with E-state index in [4.69, 9.17) is 9.15 Å². The van der Waals surface area contributed by atoms with Crippen LogP contribution in [0.1, 0.15) is 12.7 Å². The Morgan fingerprint density at radius 3 is 2.73 bits per heavy atom. The standard InChI is InChI=1S/C11H14N2O2/c1-11(9-12,10-3-2-6-15-10)13-4-7-14-8-5-13/h2-3,6H,4-5,7-8H2,1H3. The molecule has 80 valence electrons. The maximum absolute atomic E-state index is 9.32. The molecule has 1 aliphatic rings. The van der Waals surface area contributed by atoms with Crippen LogP contribution in [0.15, 0.2) is 22.8 Å². The molecule has 1 atom stereocenters. The minimum Gasteiger partial charge on any atom is -0.466 e. The number of hydrogen-bond acceptors (Lipinski definition) is 4. The second kappa shape index (κ2) is 4.05. The Morgan fingerprint density at radius 1 is 1.47 bits per heavy atom. The molecule has 4 nitrogen and oxygen atoms in total. The third-order valence-electron chi connectivity index (χ3n) is 2.86. The van der Waals surface area contributed by atoms with Gasteiger partial charge in [-0.15, -0.1) is 0 Å². The van der Waals surface area contributed by atoms with Gasteiger partial charge in [-0.1, -0.05) is 0 Å². The van der Waals surface area contributed by atoms with E-state index in [9.17, 15) is 5.26 Å². The highest BCUT2D eigenvalue weighted by Crippen LogP contribution is 2.28. The monoisotopic (exact) mass is 206 g/mol. The lowest BCUT2D eigenvalue weighted by Crippen LogP contribution is -2.48. The van der Waals surface area contributed by atoms with Crippen molar-refractivity contribution in [1.82, 2.24) is 4.90 Å². The first kappa shape index (κ1) is 10.2. The van der Waals surface area contributed by atoms with Crippen LogP contribution in [0, 0.1) is 11.3 Å². The molecule has 0 amide bonds. The van der Waals surface area contributed by atoms with Gasteiger partial charge in [0.15, 0.2) is 5.54 Å². The van der Waals surface area contributed by atoms with Crippen molar-refractivity contribution in [3.63, 3.8) is 0 Å². The van der Waals surface area contributed by atoms with Crippen molar-refractivity contribution in [2.45, 2.75) is 12.5 Å². The van der Waals surface area contributed by atoms with E-state index >= 15 is 0 Å². The summed E-state index contributed by atoms with van der Waals surface area (Å²) in [7, 11) is 0. The van der Waals surface area contributed by atoms with Crippen molar-refractivity contribution >= 4 is 0 Å². The fraction of sp³-hybridized carbons (Fsp3) is 0.545. The third kappa shape index (κ3) is 1.76. The van der Waals surface area contributed by atoms with Crippen LogP contribution in [0.2, 0.25) is 0 Å². The number of nitriles is 1. The summed E-state index contributed by atoms with van der Waals surface area (Å²) in [5.74, 6) is 0.701. The van der Waals surface area contributed by atoms with E-state index in [2.05, 4.69) is 11.0 Å². The molecule has 1 saturated heterocycles. The van der Waals surface area contributed by atoms with E-state index in [0.29, 0.717) is 19.0 Å². The number of rotatable bonds is 2. The van der Waals surface area contributed by atoms with E-state index in [1.807, 2.05) is 19.1 Å². The second-order valence-electron chi connectivity index (χ2n) is 3.76. The van der Waals surface area contributed by atoms with Gasteiger partial charge in [-0.05, 0) is 19.1 Å². The van der Waals surface area contributed by atoms with Gasteiger partial charge in [-0.2, -0.15) is 5.26 Å². The molecule has 1 aromatic heterocycles. The first-order chi connectivity index (χ1) is 7.27. The Labute approximate surface area is 89.0 Å². The molecule has 0 aromatic carbocycles. The minimum atomic E-state index is -0.673.